The molecule has 1 N–H and O–H groups in total. The summed E-state index contributed by atoms with van der Waals surface area (Å²) in [4.78, 5) is 10.9. The van der Waals surface area contributed by atoms with Gasteiger partial charge in [0.1, 0.15) is 23.8 Å². The Labute approximate surface area is 104 Å². The van der Waals surface area contributed by atoms with Crippen LogP contribution in [0.5, 0.6) is 5.75 Å². The molecule has 17 heavy (non-hydrogen) atoms. The summed E-state index contributed by atoms with van der Waals surface area (Å²) in [5.41, 5.74) is 0. The van der Waals surface area contributed by atoms with E-state index in [0.717, 1.165) is 32.0 Å². The van der Waals surface area contributed by atoms with Gasteiger partial charge in [0.25, 0.3) is 0 Å². The largest absolute Gasteiger partial charge is 0.506 e. The summed E-state index contributed by atoms with van der Waals surface area (Å²) in [6.07, 6.45) is 1.46. The summed E-state index contributed by atoms with van der Waals surface area (Å²) >= 11 is 1.22. The van der Waals surface area contributed by atoms with Crippen LogP contribution >= 0.6 is 12.2 Å². The van der Waals surface area contributed by atoms with Gasteiger partial charge < -0.3 is 10.0 Å². The van der Waals surface area contributed by atoms with Gasteiger partial charge in [0.2, 0.25) is 0 Å². The van der Waals surface area contributed by atoms with Gasteiger partial charge in [-0.25, -0.2) is 14.2 Å². The summed E-state index contributed by atoms with van der Waals surface area (Å²) in [5, 5.41) is 9.17. The van der Waals surface area contributed by atoms with Gasteiger partial charge in [-0.1, -0.05) is 0 Å². The molecule has 7 heteroatoms. The van der Waals surface area contributed by atoms with Crippen molar-refractivity contribution in [2.45, 2.75) is 0 Å². The molecule has 0 aliphatic carbocycles. The van der Waals surface area contributed by atoms with Gasteiger partial charge in [-0.3, -0.25) is 0 Å². The molecule has 0 aromatic carbocycles. The molecule has 1 aliphatic rings. The molecule has 0 radical (unpaired) electrons. The van der Waals surface area contributed by atoms with Gasteiger partial charge in [0.15, 0.2) is 0 Å². The molecule has 0 unspecified atom stereocenters. The molecule has 0 amide bonds. The maximum atomic E-state index is 9.17. The molecule has 1 fully saturated rings. The number of piperazine rings is 1. The highest BCUT2D eigenvalue weighted by atomic mass is 32.2. The first-order chi connectivity index (χ1) is 8.29. The Balaban J connectivity index is 1.84. The lowest BCUT2D eigenvalue weighted by Gasteiger charge is -2.33. The van der Waals surface area contributed by atoms with Crippen molar-refractivity contribution in [3.8, 4) is 5.75 Å². The van der Waals surface area contributed by atoms with E-state index in [1.807, 2.05) is 6.07 Å². The van der Waals surface area contributed by atoms with Crippen LogP contribution in [0.15, 0.2) is 18.3 Å². The fourth-order valence-corrected chi connectivity index (χ4v) is 2.09. The van der Waals surface area contributed by atoms with Gasteiger partial charge in [-0.05, 0) is 12.1 Å². The van der Waals surface area contributed by atoms with Gasteiger partial charge in [-0.15, -0.1) is 4.33 Å². The van der Waals surface area contributed by atoms with E-state index < -0.39 is 0 Å². The van der Waals surface area contributed by atoms with Gasteiger partial charge in [-0.2, -0.15) is 0 Å². The van der Waals surface area contributed by atoms with E-state index in [1.54, 1.807) is 6.07 Å². The molecular formula is C10H15N3O3S. The Morgan fingerprint density at radius 2 is 2.06 bits per heavy atom. The van der Waals surface area contributed by atoms with Crippen LogP contribution in [0, 0.1) is 0 Å². The Morgan fingerprint density at radius 3 is 2.65 bits per heavy atom. The predicted molar refractivity (Wildman–Crippen MR) is 65.4 cm³/mol. The number of aromatic hydroxyl groups is 1. The quantitative estimate of drug-likeness (QED) is 0.374. The zero-order chi connectivity index (χ0) is 12.1. The Kier molecular flexibility index (Phi) is 4.43. The minimum atomic E-state index is 0.191. The van der Waals surface area contributed by atoms with E-state index in [0.29, 0.717) is 0 Å². The van der Waals surface area contributed by atoms with E-state index >= 15 is 0 Å². The summed E-state index contributed by atoms with van der Waals surface area (Å²) in [7, 11) is 1.49. The number of pyridine rings is 1. The van der Waals surface area contributed by atoms with E-state index in [1.165, 1.54) is 25.5 Å². The molecule has 0 atom stereocenters. The van der Waals surface area contributed by atoms with Crippen LogP contribution in [0.4, 0.5) is 5.82 Å². The van der Waals surface area contributed by atoms with Gasteiger partial charge in [0, 0.05) is 26.2 Å². The fraction of sp³-hybridized carbons (Fsp3) is 0.500. The molecule has 0 saturated carbocycles. The number of hydrogen-bond donors (Lipinski definition) is 1. The van der Waals surface area contributed by atoms with Crippen LogP contribution in [0.25, 0.3) is 0 Å². The van der Waals surface area contributed by atoms with Crippen LogP contribution < -0.4 is 4.90 Å². The molecule has 0 spiro atoms. The lowest BCUT2D eigenvalue weighted by molar-refractivity contribution is -0.163. The minimum absolute atomic E-state index is 0.191. The molecule has 2 rings (SSSR count). The Hall–Kier alpha value is -1.02. The first-order valence-corrected chi connectivity index (χ1v) is 6.02. The van der Waals surface area contributed by atoms with E-state index in [-0.39, 0.29) is 5.75 Å². The smallest absolute Gasteiger partial charge is 0.134 e. The van der Waals surface area contributed by atoms with E-state index in [9.17, 15) is 5.11 Å². The van der Waals surface area contributed by atoms with Crippen molar-refractivity contribution >= 4 is 18.0 Å². The van der Waals surface area contributed by atoms with Gasteiger partial charge in [0.05, 0.1) is 13.3 Å². The number of nitrogens with zero attached hydrogens (tertiary/aromatic N) is 3. The fourth-order valence-electron chi connectivity index (χ4n) is 1.63. The summed E-state index contributed by atoms with van der Waals surface area (Å²) < 4.78 is 6.89. The van der Waals surface area contributed by atoms with E-state index in [4.69, 9.17) is 4.33 Å². The molecule has 1 aliphatic heterocycles. The van der Waals surface area contributed by atoms with Crippen molar-refractivity contribution in [1.29, 1.82) is 0 Å². The molecule has 1 aromatic heterocycles. The third-order valence-electron chi connectivity index (χ3n) is 2.50. The third kappa shape index (κ3) is 3.47. The summed E-state index contributed by atoms with van der Waals surface area (Å²) in [5.74, 6) is 1.08. The number of anilines is 1. The monoisotopic (exact) mass is 257 g/mol. The van der Waals surface area contributed by atoms with Crippen LogP contribution in [0.3, 0.4) is 0 Å². The van der Waals surface area contributed by atoms with Gasteiger partial charge >= 0.3 is 0 Å². The van der Waals surface area contributed by atoms with Crippen molar-refractivity contribution in [1.82, 2.24) is 9.29 Å². The number of hydrogen-bond acceptors (Lipinski definition) is 7. The second-order valence-electron chi connectivity index (χ2n) is 3.60. The van der Waals surface area contributed by atoms with Crippen molar-refractivity contribution < 1.29 is 14.3 Å². The lowest BCUT2D eigenvalue weighted by Crippen LogP contribution is -2.43. The molecule has 1 aromatic rings. The van der Waals surface area contributed by atoms with Crippen LogP contribution in [0.2, 0.25) is 0 Å². The van der Waals surface area contributed by atoms with Crippen molar-refractivity contribution in [2.24, 2.45) is 0 Å². The maximum absolute atomic E-state index is 9.17. The van der Waals surface area contributed by atoms with Crippen molar-refractivity contribution in [2.75, 3.05) is 38.2 Å². The van der Waals surface area contributed by atoms with Crippen LogP contribution in [-0.4, -0.2) is 47.7 Å². The Bertz CT molecular complexity index is 341. The van der Waals surface area contributed by atoms with Crippen LogP contribution in [0.1, 0.15) is 0 Å². The van der Waals surface area contributed by atoms with Crippen molar-refractivity contribution in [3.63, 3.8) is 0 Å². The number of aromatic nitrogens is 1. The highest BCUT2D eigenvalue weighted by Gasteiger charge is 2.18. The highest BCUT2D eigenvalue weighted by molar-refractivity contribution is 7.92. The summed E-state index contributed by atoms with van der Waals surface area (Å²) in [6.45, 7) is 3.49. The Morgan fingerprint density at radius 1 is 1.29 bits per heavy atom. The van der Waals surface area contributed by atoms with Crippen LogP contribution in [-0.2, 0) is 9.22 Å². The SMILES string of the molecule is COOSN1CCN(c2ccc(O)cn2)CC1. The first-order valence-electron chi connectivity index (χ1n) is 5.32. The molecular weight excluding hydrogens is 242 g/mol. The minimum Gasteiger partial charge on any atom is -0.506 e. The standard InChI is InChI=1S/C10H15N3O3S/c1-15-16-17-13-6-4-12(5-7-13)10-3-2-9(14)8-11-10/h2-3,8,14H,4-7H2,1H3. The highest BCUT2D eigenvalue weighted by Crippen LogP contribution is 2.19. The first kappa shape index (κ1) is 12.4. The number of rotatable bonds is 4. The normalized spacial score (nSPS) is 17.4. The maximum Gasteiger partial charge on any atom is 0.134 e. The second-order valence-corrected chi connectivity index (χ2v) is 4.40. The van der Waals surface area contributed by atoms with E-state index in [2.05, 4.69) is 19.1 Å². The predicted octanol–water partition coefficient (Wildman–Crippen LogP) is 1.05. The average molecular weight is 257 g/mol. The molecule has 2 heterocycles. The molecule has 94 valence electrons. The summed E-state index contributed by atoms with van der Waals surface area (Å²) in [6, 6.07) is 3.47. The zero-order valence-electron chi connectivity index (χ0n) is 9.57. The van der Waals surface area contributed by atoms with Crippen molar-refractivity contribution in [3.05, 3.63) is 18.3 Å². The lowest BCUT2D eigenvalue weighted by atomic mass is 10.3. The third-order valence-corrected chi connectivity index (χ3v) is 3.27. The molecule has 0 bridgehead atoms. The topological polar surface area (TPSA) is 58.1 Å². The molecule has 6 nitrogen and oxygen atoms in total. The zero-order valence-corrected chi connectivity index (χ0v) is 10.4. The second kappa shape index (κ2) is 6.06. The molecule has 1 saturated heterocycles. The average Bonchev–Trinajstić information content (AvgIpc) is 2.38.